The Morgan fingerprint density at radius 2 is 0.490 bits per heavy atom. The van der Waals surface area contributed by atoms with Crippen LogP contribution in [0.3, 0.4) is 0 Å². The van der Waals surface area contributed by atoms with Crippen molar-refractivity contribution >= 4 is 39.5 Å². The van der Waals surface area contributed by atoms with Gasteiger partial charge in [0.25, 0.3) is 0 Å². The molecule has 0 bridgehead atoms. The molecule has 0 aromatic rings. The second kappa shape index (κ2) is 68.2. The quantitative estimate of drug-likeness (QED) is 0.0222. The zero-order chi connectivity index (χ0) is 72.4. The van der Waals surface area contributed by atoms with Gasteiger partial charge in [-0.3, -0.25) is 37.3 Å². The molecule has 0 aliphatic carbocycles. The summed E-state index contributed by atoms with van der Waals surface area (Å²) in [6.45, 7) is 14.2. The molecule has 0 heterocycles. The van der Waals surface area contributed by atoms with Gasteiger partial charge in [-0.05, 0) is 49.4 Å². The number of esters is 4. The molecule has 0 aliphatic rings. The number of carbonyl (C=O) groups excluding carboxylic acids is 4. The second-order valence-electron chi connectivity index (χ2n) is 30.1. The van der Waals surface area contributed by atoms with Crippen LogP contribution in [0.2, 0.25) is 0 Å². The summed E-state index contributed by atoms with van der Waals surface area (Å²) in [5.41, 5.74) is 0. The van der Waals surface area contributed by atoms with Crippen molar-refractivity contribution in [3.05, 3.63) is 0 Å². The maximum Gasteiger partial charge on any atom is 0.472 e. The highest BCUT2D eigenvalue weighted by Crippen LogP contribution is 2.45. The Morgan fingerprint density at radius 1 is 0.286 bits per heavy atom. The van der Waals surface area contributed by atoms with Gasteiger partial charge >= 0.3 is 39.5 Å². The van der Waals surface area contributed by atoms with E-state index in [0.29, 0.717) is 25.7 Å². The third-order valence-corrected chi connectivity index (χ3v) is 20.6. The Morgan fingerprint density at radius 3 is 0.724 bits per heavy atom. The van der Waals surface area contributed by atoms with Crippen molar-refractivity contribution in [2.45, 2.75) is 420 Å². The number of aliphatic hydroxyl groups excluding tert-OH is 1. The molecule has 3 N–H and O–H groups in total. The highest BCUT2D eigenvalue weighted by Gasteiger charge is 2.30. The molecule has 0 aliphatic heterocycles. The summed E-state index contributed by atoms with van der Waals surface area (Å²) in [5, 5.41) is 10.6. The van der Waals surface area contributed by atoms with E-state index in [9.17, 15) is 43.2 Å². The van der Waals surface area contributed by atoms with Crippen molar-refractivity contribution < 1.29 is 80.2 Å². The fourth-order valence-corrected chi connectivity index (χ4v) is 13.6. The lowest BCUT2D eigenvalue weighted by Crippen LogP contribution is -2.30. The number of hydrogen-bond acceptors (Lipinski definition) is 15. The van der Waals surface area contributed by atoms with E-state index in [0.717, 1.165) is 120 Å². The second-order valence-corrected chi connectivity index (χ2v) is 33.0. The van der Waals surface area contributed by atoms with Gasteiger partial charge in [-0.1, -0.05) is 351 Å². The first-order chi connectivity index (χ1) is 47.1. The number of hydrogen-bond donors (Lipinski definition) is 3. The molecule has 3 unspecified atom stereocenters. The van der Waals surface area contributed by atoms with E-state index >= 15 is 0 Å². The Labute approximate surface area is 600 Å². The van der Waals surface area contributed by atoms with E-state index in [-0.39, 0.29) is 25.7 Å². The average molecular weight is 1440 g/mol. The van der Waals surface area contributed by atoms with Crippen LogP contribution in [0.25, 0.3) is 0 Å². The molecule has 582 valence electrons. The van der Waals surface area contributed by atoms with Crippen LogP contribution in [0.15, 0.2) is 0 Å². The van der Waals surface area contributed by atoms with Gasteiger partial charge in [-0.25, -0.2) is 9.13 Å². The van der Waals surface area contributed by atoms with Crippen LogP contribution in [0.1, 0.15) is 402 Å². The number of rotatable bonds is 76. The van der Waals surface area contributed by atoms with Gasteiger partial charge < -0.3 is 33.8 Å². The number of carbonyl (C=O) groups is 4. The van der Waals surface area contributed by atoms with Gasteiger partial charge in [0.15, 0.2) is 12.2 Å². The first kappa shape index (κ1) is 96.1. The Kier molecular flexibility index (Phi) is 66.8. The van der Waals surface area contributed by atoms with Crippen molar-refractivity contribution in [3.8, 4) is 0 Å². The highest BCUT2D eigenvalue weighted by atomic mass is 31.2. The zero-order valence-corrected chi connectivity index (χ0v) is 66.2. The summed E-state index contributed by atoms with van der Waals surface area (Å²) in [5.74, 6) is 0.938. The Bertz CT molecular complexity index is 1920. The minimum absolute atomic E-state index is 0.105. The first-order valence-electron chi connectivity index (χ1n) is 40.7. The SMILES string of the molecule is CCC(C)CCCCCCCCC(=O)OC[C@H](COP(=O)(O)OC[C@H](O)COP(=O)(O)OC[C@@H](COC(=O)CCCCCCCCCCCCCCCCCCCCC(C)C)OC(=O)CCCCCCCCCCC(C)C)OC(=O)CCCCCCCCCCCCCCCC(C)C. The van der Waals surface area contributed by atoms with Gasteiger partial charge in [-0.2, -0.15) is 0 Å². The standard InChI is InChI=1S/C79H154O17P2/c1-9-72(8)58-50-42-37-38-44-52-60-77(82)90-66-75(95-78(83)61-53-45-35-28-24-20-16-18-22-26-32-40-48-56-70(4)5)68-94-98(87,88)92-64-73(80)63-91-97(85,86)93-67-74(96-79(84)62-54-46-36-30-29-33-41-49-57-71(6)7)65-89-76(81)59-51-43-34-27-23-19-15-13-11-10-12-14-17-21-25-31-39-47-55-69(2)3/h69-75,80H,9-68H2,1-8H3,(H,85,86)(H,87,88)/t72?,73-,74-,75-/m1/s1. The van der Waals surface area contributed by atoms with E-state index < -0.39 is 97.5 Å². The van der Waals surface area contributed by atoms with Gasteiger partial charge in [-0.15, -0.1) is 0 Å². The summed E-state index contributed by atoms with van der Waals surface area (Å²) in [7, 11) is -9.92. The van der Waals surface area contributed by atoms with Crippen molar-refractivity contribution in [1.29, 1.82) is 0 Å². The van der Waals surface area contributed by atoms with E-state index in [1.165, 1.54) is 199 Å². The summed E-state index contributed by atoms with van der Waals surface area (Å²) < 4.78 is 68.6. The molecule has 6 atom stereocenters. The first-order valence-corrected chi connectivity index (χ1v) is 43.7. The summed E-state index contributed by atoms with van der Waals surface area (Å²) in [6.07, 6.45) is 54.3. The van der Waals surface area contributed by atoms with Crippen LogP contribution in [0.4, 0.5) is 0 Å². The molecular weight excluding hydrogens is 1280 g/mol. The number of unbranched alkanes of at least 4 members (excludes halogenated alkanes) is 41. The molecular formula is C79H154O17P2. The Balaban J connectivity index is 5.17. The predicted octanol–water partition coefficient (Wildman–Crippen LogP) is 23.2. The smallest absolute Gasteiger partial charge is 0.462 e. The monoisotopic (exact) mass is 1440 g/mol. The van der Waals surface area contributed by atoms with E-state index in [4.69, 9.17) is 37.0 Å². The molecule has 0 radical (unpaired) electrons. The summed E-state index contributed by atoms with van der Waals surface area (Å²) in [6, 6.07) is 0. The van der Waals surface area contributed by atoms with E-state index in [1.54, 1.807) is 0 Å². The van der Waals surface area contributed by atoms with Crippen molar-refractivity contribution in [2.75, 3.05) is 39.6 Å². The minimum Gasteiger partial charge on any atom is -0.462 e. The minimum atomic E-state index is -4.96. The molecule has 0 aromatic heterocycles. The van der Waals surface area contributed by atoms with Crippen LogP contribution < -0.4 is 0 Å². The van der Waals surface area contributed by atoms with Crippen LogP contribution >= 0.6 is 15.6 Å². The summed E-state index contributed by atoms with van der Waals surface area (Å²) in [4.78, 5) is 72.9. The van der Waals surface area contributed by atoms with Crippen LogP contribution in [0, 0.1) is 23.7 Å². The fraction of sp³-hybridized carbons (Fsp3) is 0.949. The Hall–Kier alpha value is -1.94. The number of ether oxygens (including phenoxy) is 4. The number of aliphatic hydroxyl groups is 1. The van der Waals surface area contributed by atoms with Gasteiger partial charge in [0.05, 0.1) is 26.4 Å². The average Bonchev–Trinajstić information content (AvgIpc) is 0.936. The maximum absolute atomic E-state index is 13.1. The van der Waals surface area contributed by atoms with E-state index in [2.05, 4.69) is 55.4 Å². The van der Waals surface area contributed by atoms with Crippen LogP contribution in [-0.4, -0.2) is 96.7 Å². The molecule has 19 heteroatoms. The molecule has 17 nitrogen and oxygen atoms in total. The zero-order valence-electron chi connectivity index (χ0n) is 64.4. The van der Waals surface area contributed by atoms with Gasteiger partial charge in [0.2, 0.25) is 0 Å². The summed E-state index contributed by atoms with van der Waals surface area (Å²) >= 11 is 0. The molecule has 0 rings (SSSR count). The molecule has 0 saturated carbocycles. The number of phosphoric ester groups is 2. The lowest BCUT2D eigenvalue weighted by Gasteiger charge is -2.21. The lowest BCUT2D eigenvalue weighted by molar-refractivity contribution is -0.161. The maximum atomic E-state index is 13.1. The third-order valence-electron chi connectivity index (χ3n) is 18.7. The predicted molar refractivity (Wildman–Crippen MR) is 400 cm³/mol. The van der Waals surface area contributed by atoms with Crippen LogP contribution in [-0.2, 0) is 65.4 Å². The van der Waals surface area contributed by atoms with Crippen LogP contribution in [0.5, 0.6) is 0 Å². The van der Waals surface area contributed by atoms with E-state index in [1.807, 2.05) is 0 Å². The van der Waals surface area contributed by atoms with Crippen molar-refractivity contribution in [3.63, 3.8) is 0 Å². The molecule has 0 saturated heterocycles. The molecule has 0 spiro atoms. The normalized spacial score (nSPS) is 14.3. The largest absolute Gasteiger partial charge is 0.472 e. The van der Waals surface area contributed by atoms with Gasteiger partial charge in [0, 0.05) is 25.7 Å². The molecule has 0 aromatic carbocycles. The topological polar surface area (TPSA) is 237 Å². The molecule has 0 amide bonds. The fourth-order valence-electron chi connectivity index (χ4n) is 12.0. The number of phosphoric acid groups is 2. The molecule has 98 heavy (non-hydrogen) atoms. The third kappa shape index (κ3) is 71.1. The van der Waals surface area contributed by atoms with Gasteiger partial charge in [0.1, 0.15) is 19.3 Å². The van der Waals surface area contributed by atoms with Crippen molar-refractivity contribution in [2.24, 2.45) is 23.7 Å². The highest BCUT2D eigenvalue weighted by molar-refractivity contribution is 7.47. The van der Waals surface area contributed by atoms with Crippen molar-refractivity contribution in [1.82, 2.24) is 0 Å². The molecule has 0 fully saturated rings. The lowest BCUT2D eigenvalue weighted by atomic mass is 10.00.